The van der Waals surface area contributed by atoms with Crippen LogP contribution in [0.3, 0.4) is 0 Å². The van der Waals surface area contributed by atoms with Gasteiger partial charge in [0.25, 0.3) is 0 Å². The molecule has 0 atom stereocenters. The van der Waals surface area contributed by atoms with Crippen LogP contribution in [0.15, 0.2) is 64.7 Å². The van der Waals surface area contributed by atoms with Crippen LogP contribution in [0, 0.1) is 0 Å². The number of halogens is 1. The maximum atomic E-state index is 5.86. The lowest BCUT2D eigenvalue weighted by molar-refractivity contribution is 0.284. The Hall–Kier alpha value is -2.38. The van der Waals surface area contributed by atoms with E-state index in [4.69, 9.17) is 21.7 Å². The molecule has 2 aromatic carbocycles. The van der Waals surface area contributed by atoms with Crippen molar-refractivity contribution in [1.29, 1.82) is 0 Å². The molecule has 2 N–H and O–H groups in total. The molecule has 7 heteroatoms. The third-order valence-corrected chi connectivity index (χ3v) is 4.05. The zero-order chi connectivity index (χ0) is 18.8. The molecule has 0 saturated carbocycles. The van der Waals surface area contributed by atoms with Gasteiger partial charge in [0.2, 0.25) is 0 Å². The highest BCUT2D eigenvalue weighted by Gasteiger charge is 2.06. The number of thiocarbonyl (C=S) groups is 1. The summed E-state index contributed by atoms with van der Waals surface area (Å²) >= 11 is 8.48. The van der Waals surface area contributed by atoms with Crippen LogP contribution in [0.2, 0.25) is 0 Å². The third-order valence-electron chi connectivity index (χ3n) is 3.28. The van der Waals surface area contributed by atoms with Crippen LogP contribution in [0.4, 0.5) is 0 Å². The van der Waals surface area contributed by atoms with Crippen molar-refractivity contribution in [2.75, 3.05) is 13.7 Å². The topological polar surface area (TPSA) is 54.9 Å². The van der Waals surface area contributed by atoms with E-state index in [1.807, 2.05) is 42.5 Å². The average Bonchev–Trinajstić information content (AvgIpc) is 2.66. The van der Waals surface area contributed by atoms with E-state index < -0.39 is 0 Å². The number of rotatable bonds is 8. The number of benzene rings is 2. The fourth-order valence-electron chi connectivity index (χ4n) is 2.00. The minimum absolute atomic E-state index is 0.433. The standard InChI is InChI=1S/C19H20BrN3O2S/c1-3-10-21-19(26)23-22-12-15-6-9-17(18(11-15)24-2)25-13-14-4-7-16(20)8-5-14/h3-9,11-12H,1,10,13H2,2H3,(H2,21,23,26). The van der Waals surface area contributed by atoms with E-state index in [1.54, 1.807) is 19.4 Å². The first-order chi connectivity index (χ1) is 12.6. The Balaban J connectivity index is 1.96. The van der Waals surface area contributed by atoms with Gasteiger partial charge in [-0.15, -0.1) is 6.58 Å². The summed E-state index contributed by atoms with van der Waals surface area (Å²) in [5.41, 5.74) is 4.67. The summed E-state index contributed by atoms with van der Waals surface area (Å²) in [5.74, 6) is 1.31. The van der Waals surface area contributed by atoms with Crippen molar-refractivity contribution in [3.8, 4) is 11.5 Å². The van der Waals surface area contributed by atoms with Crippen molar-refractivity contribution in [2.45, 2.75) is 6.61 Å². The quantitative estimate of drug-likeness (QED) is 0.285. The SMILES string of the molecule is C=CCNC(=S)NN=Cc1ccc(OCc2ccc(Br)cc2)c(OC)c1. The molecule has 5 nitrogen and oxygen atoms in total. The van der Waals surface area contributed by atoms with Gasteiger partial charge in [0.1, 0.15) is 6.61 Å². The number of hydrogen-bond donors (Lipinski definition) is 2. The van der Waals surface area contributed by atoms with Gasteiger partial charge in [-0.1, -0.05) is 34.1 Å². The van der Waals surface area contributed by atoms with Crippen LogP contribution in [0.25, 0.3) is 0 Å². The number of hydrazone groups is 1. The highest BCUT2D eigenvalue weighted by Crippen LogP contribution is 2.28. The second-order valence-corrected chi connectivity index (χ2v) is 6.52. The van der Waals surface area contributed by atoms with E-state index in [2.05, 4.69) is 38.4 Å². The molecule has 0 saturated heterocycles. The van der Waals surface area contributed by atoms with E-state index >= 15 is 0 Å². The van der Waals surface area contributed by atoms with Gasteiger partial charge in [0.05, 0.1) is 13.3 Å². The van der Waals surface area contributed by atoms with Crippen molar-refractivity contribution in [1.82, 2.24) is 10.7 Å². The van der Waals surface area contributed by atoms with Gasteiger partial charge < -0.3 is 14.8 Å². The second-order valence-electron chi connectivity index (χ2n) is 5.19. The molecule has 0 bridgehead atoms. The molecule has 2 rings (SSSR count). The molecule has 0 heterocycles. The summed E-state index contributed by atoms with van der Waals surface area (Å²) < 4.78 is 12.3. The number of hydrogen-bond acceptors (Lipinski definition) is 4. The predicted octanol–water partition coefficient (Wildman–Crippen LogP) is 4.02. The summed E-state index contributed by atoms with van der Waals surface area (Å²) in [7, 11) is 1.61. The molecule has 0 spiro atoms. The summed E-state index contributed by atoms with van der Waals surface area (Å²) in [6.07, 6.45) is 3.37. The molecule has 0 aromatic heterocycles. The smallest absolute Gasteiger partial charge is 0.187 e. The zero-order valence-corrected chi connectivity index (χ0v) is 16.8. The first-order valence-electron chi connectivity index (χ1n) is 7.85. The van der Waals surface area contributed by atoms with Crippen LogP contribution in [-0.4, -0.2) is 25.0 Å². The summed E-state index contributed by atoms with van der Waals surface area (Å²) in [5, 5.41) is 7.45. The van der Waals surface area contributed by atoms with Crippen LogP contribution < -0.4 is 20.2 Å². The number of ether oxygens (including phenoxy) is 2. The fraction of sp³-hybridized carbons (Fsp3) is 0.158. The van der Waals surface area contributed by atoms with Crippen LogP contribution >= 0.6 is 28.1 Å². The van der Waals surface area contributed by atoms with Crippen molar-refractivity contribution in [2.24, 2.45) is 5.10 Å². The van der Waals surface area contributed by atoms with Crippen LogP contribution in [-0.2, 0) is 6.61 Å². The first kappa shape index (κ1) is 19.9. The first-order valence-corrected chi connectivity index (χ1v) is 9.05. The zero-order valence-electron chi connectivity index (χ0n) is 14.4. The number of nitrogens with one attached hydrogen (secondary N) is 2. The minimum Gasteiger partial charge on any atom is -0.493 e. The van der Waals surface area contributed by atoms with E-state index in [-0.39, 0.29) is 0 Å². The molecular formula is C19H20BrN3O2S. The van der Waals surface area contributed by atoms with Crippen molar-refractivity contribution in [3.05, 3.63) is 70.7 Å². The third kappa shape index (κ3) is 6.50. The van der Waals surface area contributed by atoms with E-state index in [1.165, 1.54) is 0 Å². The highest BCUT2D eigenvalue weighted by atomic mass is 79.9. The molecule has 2 aromatic rings. The monoisotopic (exact) mass is 433 g/mol. The van der Waals surface area contributed by atoms with E-state index in [9.17, 15) is 0 Å². The predicted molar refractivity (Wildman–Crippen MR) is 113 cm³/mol. The minimum atomic E-state index is 0.433. The number of methoxy groups -OCH3 is 1. The number of nitrogens with zero attached hydrogens (tertiary/aromatic N) is 1. The van der Waals surface area contributed by atoms with Gasteiger partial charge in [-0.3, -0.25) is 5.43 Å². The van der Waals surface area contributed by atoms with Crippen molar-refractivity contribution >= 4 is 39.5 Å². The molecular weight excluding hydrogens is 414 g/mol. The van der Waals surface area contributed by atoms with E-state index in [0.717, 1.165) is 15.6 Å². The molecule has 0 unspecified atom stereocenters. The molecule has 0 radical (unpaired) electrons. The normalized spacial score (nSPS) is 10.4. The Labute approximate surface area is 167 Å². The van der Waals surface area contributed by atoms with Gasteiger partial charge >= 0.3 is 0 Å². The van der Waals surface area contributed by atoms with Gasteiger partial charge in [-0.05, 0) is 53.7 Å². The lowest BCUT2D eigenvalue weighted by atomic mass is 10.2. The van der Waals surface area contributed by atoms with Gasteiger partial charge in [-0.25, -0.2) is 0 Å². The molecule has 0 aliphatic heterocycles. The largest absolute Gasteiger partial charge is 0.493 e. The maximum Gasteiger partial charge on any atom is 0.187 e. The average molecular weight is 434 g/mol. The Morgan fingerprint density at radius 1 is 1.23 bits per heavy atom. The van der Waals surface area contributed by atoms with Crippen LogP contribution in [0.5, 0.6) is 11.5 Å². The molecule has 0 aliphatic rings. The Morgan fingerprint density at radius 2 is 2.00 bits per heavy atom. The van der Waals surface area contributed by atoms with Crippen molar-refractivity contribution in [3.63, 3.8) is 0 Å². The maximum absolute atomic E-state index is 5.86. The molecule has 136 valence electrons. The second kappa shape index (κ2) is 10.6. The Morgan fingerprint density at radius 3 is 2.69 bits per heavy atom. The van der Waals surface area contributed by atoms with Gasteiger partial charge in [0.15, 0.2) is 16.6 Å². The van der Waals surface area contributed by atoms with Crippen molar-refractivity contribution < 1.29 is 9.47 Å². The lowest BCUT2D eigenvalue weighted by Crippen LogP contribution is -2.31. The Kier molecular flexibility index (Phi) is 8.11. The molecule has 0 amide bonds. The molecule has 0 aliphatic carbocycles. The van der Waals surface area contributed by atoms with Gasteiger partial charge in [0, 0.05) is 11.0 Å². The molecule has 0 fully saturated rings. The highest BCUT2D eigenvalue weighted by molar-refractivity contribution is 9.10. The summed E-state index contributed by atoms with van der Waals surface area (Å²) in [4.78, 5) is 0. The van der Waals surface area contributed by atoms with E-state index in [0.29, 0.717) is 29.8 Å². The molecule has 26 heavy (non-hydrogen) atoms. The fourth-order valence-corrected chi connectivity index (χ4v) is 2.40. The summed E-state index contributed by atoms with van der Waals surface area (Å²) in [6.45, 7) is 4.65. The van der Waals surface area contributed by atoms with Gasteiger partial charge in [-0.2, -0.15) is 5.10 Å². The van der Waals surface area contributed by atoms with Crippen LogP contribution in [0.1, 0.15) is 11.1 Å². The summed E-state index contributed by atoms with van der Waals surface area (Å²) in [6, 6.07) is 13.6. The lowest BCUT2D eigenvalue weighted by Gasteiger charge is -2.11. The Bertz CT molecular complexity index is 779.